The van der Waals surface area contributed by atoms with Crippen molar-refractivity contribution in [2.75, 3.05) is 23.9 Å². The van der Waals surface area contributed by atoms with E-state index in [4.69, 9.17) is 4.74 Å². The minimum absolute atomic E-state index is 0.390. The zero-order valence-corrected chi connectivity index (χ0v) is 13.2. The van der Waals surface area contributed by atoms with Crippen LogP contribution in [-0.2, 0) is 4.74 Å². The van der Waals surface area contributed by atoms with E-state index >= 15 is 0 Å². The molecular formula is C12H24Br2O. The third-order valence-corrected chi connectivity index (χ3v) is 5.15. The lowest BCUT2D eigenvalue weighted by Crippen LogP contribution is -2.26. The smallest absolute Gasteiger partial charge is 0.0471 e. The number of unbranched alkanes of at least 4 members (excludes halogenated alkanes) is 1. The topological polar surface area (TPSA) is 9.23 Å². The maximum absolute atomic E-state index is 5.64. The highest BCUT2D eigenvalue weighted by Crippen LogP contribution is 2.32. The fraction of sp³-hybridized carbons (Fsp3) is 1.00. The monoisotopic (exact) mass is 342 g/mol. The average molecular weight is 344 g/mol. The van der Waals surface area contributed by atoms with Crippen LogP contribution in [0.25, 0.3) is 0 Å². The highest BCUT2D eigenvalue weighted by Gasteiger charge is 2.26. The molecule has 0 fully saturated rings. The van der Waals surface area contributed by atoms with E-state index in [0.717, 1.165) is 30.3 Å². The minimum atomic E-state index is 0.390. The van der Waals surface area contributed by atoms with Crippen LogP contribution in [0.15, 0.2) is 0 Å². The molecule has 0 N–H and O–H groups in total. The van der Waals surface area contributed by atoms with E-state index < -0.39 is 0 Å². The Morgan fingerprint density at radius 1 is 0.933 bits per heavy atom. The molecule has 0 heterocycles. The summed E-state index contributed by atoms with van der Waals surface area (Å²) in [5.41, 5.74) is 0.390. The van der Waals surface area contributed by atoms with E-state index in [9.17, 15) is 0 Å². The van der Waals surface area contributed by atoms with Crippen molar-refractivity contribution in [3.05, 3.63) is 0 Å². The number of rotatable bonds is 10. The van der Waals surface area contributed by atoms with Gasteiger partial charge in [-0.1, -0.05) is 58.5 Å². The van der Waals surface area contributed by atoms with Crippen LogP contribution < -0.4 is 0 Å². The molecule has 1 nitrogen and oxygen atoms in total. The Morgan fingerprint density at radius 3 is 2.07 bits per heavy atom. The van der Waals surface area contributed by atoms with Gasteiger partial charge in [0.25, 0.3) is 0 Å². The van der Waals surface area contributed by atoms with Gasteiger partial charge < -0.3 is 4.74 Å². The second-order valence-corrected chi connectivity index (χ2v) is 5.35. The normalized spacial score (nSPS) is 12.0. The molecule has 0 amide bonds. The summed E-state index contributed by atoms with van der Waals surface area (Å²) in [5, 5.41) is 2.13. The van der Waals surface area contributed by atoms with Crippen LogP contribution in [0.4, 0.5) is 0 Å². The van der Waals surface area contributed by atoms with Crippen molar-refractivity contribution >= 4 is 31.9 Å². The number of alkyl halides is 2. The fourth-order valence-corrected chi connectivity index (χ4v) is 3.65. The number of ether oxygens (including phenoxy) is 1. The molecule has 0 aromatic heterocycles. The maximum Gasteiger partial charge on any atom is 0.0471 e. The van der Waals surface area contributed by atoms with Gasteiger partial charge in [0.15, 0.2) is 0 Å². The van der Waals surface area contributed by atoms with Crippen LogP contribution in [-0.4, -0.2) is 23.9 Å². The third-order valence-electron chi connectivity index (χ3n) is 2.77. The molecule has 0 atom stereocenters. The van der Waals surface area contributed by atoms with E-state index in [-0.39, 0.29) is 0 Å². The molecule has 0 bridgehead atoms. The third kappa shape index (κ3) is 6.96. The summed E-state index contributed by atoms with van der Waals surface area (Å²) in [7, 11) is 0. The van der Waals surface area contributed by atoms with E-state index in [2.05, 4.69) is 45.7 Å². The highest BCUT2D eigenvalue weighted by atomic mass is 79.9. The van der Waals surface area contributed by atoms with Gasteiger partial charge in [-0.15, -0.1) is 0 Å². The van der Waals surface area contributed by atoms with Gasteiger partial charge in [-0.25, -0.2) is 0 Å². The summed E-state index contributed by atoms with van der Waals surface area (Å²) >= 11 is 7.26. The van der Waals surface area contributed by atoms with Gasteiger partial charge in [-0.2, -0.15) is 0 Å². The van der Waals surface area contributed by atoms with Gasteiger partial charge >= 0.3 is 0 Å². The van der Waals surface area contributed by atoms with Crippen molar-refractivity contribution in [1.29, 1.82) is 0 Å². The Balaban J connectivity index is 3.74. The van der Waals surface area contributed by atoms with Crippen molar-refractivity contribution < 1.29 is 4.74 Å². The number of hydrogen-bond acceptors (Lipinski definition) is 1. The molecule has 0 aliphatic heterocycles. The van der Waals surface area contributed by atoms with Gasteiger partial charge in [-0.05, 0) is 24.7 Å². The molecule has 0 aliphatic rings. The van der Waals surface area contributed by atoms with Crippen LogP contribution in [0, 0.1) is 5.41 Å². The van der Waals surface area contributed by atoms with Crippen LogP contribution >= 0.6 is 31.9 Å². The molecule has 0 rings (SSSR count). The molecule has 0 aromatic rings. The molecule has 0 spiro atoms. The fourth-order valence-electron chi connectivity index (χ4n) is 1.60. The first-order valence-corrected chi connectivity index (χ1v) is 8.18. The largest absolute Gasteiger partial charge is 0.381 e. The van der Waals surface area contributed by atoms with E-state index in [1.807, 2.05) is 0 Å². The van der Waals surface area contributed by atoms with Crippen LogP contribution in [0.3, 0.4) is 0 Å². The zero-order valence-electron chi connectivity index (χ0n) is 10.0. The average Bonchev–Trinajstić information content (AvgIpc) is 2.27. The van der Waals surface area contributed by atoms with Crippen molar-refractivity contribution in [1.82, 2.24) is 0 Å². The van der Waals surface area contributed by atoms with Gasteiger partial charge in [0.1, 0.15) is 0 Å². The molecule has 0 aromatic carbocycles. The second-order valence-electron chi connectivity index (χ2n) is 4.23. The first-order valence-electron chi connectivity index (χ1n) is 5.94. The Hall–Kier alpha value is 0.920. The van der Waals surface area contributed by atoms with Crippen molar-refractivity contribution in [2.24, 2.45) is 5.41 Å². The van der Waals surface area contributed by atoms with E-state index in [1.54, 1.807) is 0 Å². The summed E-state index contributed by atoms with van der Waals surface area (Å²) < 4.78 is 5.64. The van der Waals surface area contributed by atoms with Crippen LogP contribution in [0.2, 0.25) is 0 Å². The Bertz CT molecular complexity index is 136. The van der Waals surface area contributed by atoms with Crippen LogP contribution in [0.5, 0.6) is 0 Å². The van der Waals surface area contributed by atoms with Crippen molar-refractivity contribution in [3.8, 4) is 0 Å². The van der Waals surface area contributed by atoms with E-state index in [1.165, 1.54) is 25.7 Å². The van der Waals surface area contributed by atoms with Gasteiger partial charge in [-0.3, -0.25) is 0 Å². The molecule has 0 aliphatic carbocycles. The number of hydrogen-bond donors (Lipinski definition) is 0. The molecule has 0 radical (unpaired) electrons. The molecule has 0 unspecified atom stereocenters. The summed E-state index contributed by atoms with van der Waals surface area (Å²) in [5.74, 6) is 0. The number of halogens is 2. The molecular weight excluding hydrogens is 320 g/mol. The molecule has 3 heteroatoms. The maximum atomic E-state index is 5.64. The lowest BCUT2D eigenvalue weighted by Gasteiger charge is -2.29. The molecule has 0 saturated carbocycles. The zero-order chi connectivity index (χ0) is 11.6. The van der Waals surface area contributed by atoms with Crippen molar-refractivity contribution in [2.45, 2.75) is 46.0 Å². The first-order chi connectivity index (χ1) is 7.24. The van der Waals surface area contributed by atoms with Gasteiger partial charge in [0, 0.05) is 23.9 Å². The lowest BCUT2D eigenvalue weighted by molar-refractivity contribution is 0.102. The SMILES string of the molecule is CCCCOCCC(CBr)(CBr)CCC. The summed E-state index contributed by atoms with van der Waals surface area (Å²) in [6.07, 6.45) is 6.06. The molecule has 15 heavy (non-hydrogen) atoms. The summed E-state index contributed by atoms with van der Waals surface area (Å²) in [4.78, 5) is 0. The molecule has 0 saturated heterocycles. The summed E-state index contributed by atoms with van der Waals surface area (Å²) in [6.45, 7) is 6.26. The first kappa shape index (κ1) is 15.9. The summed E-state index contributed by atoms with van der Waals surface area (Å²) in [6, 6.07) is 0. The van der Waals surface area contributed by atoms with Gasteiger partial charge in [0.05, 0.1) is 0 Å². The predicted octanol–water partition coefficient (Wildman–Crippen LogP) is 4.77. The Morgan fingerprint density at radius 2 is 1.60 bits per heavy atom. The van der Waals surface area contributed by atoms with Gasteiger partial charge in [0.2, 0.25) is 0 Å². The lowest BCUT2D eigenvalue weighted by atomic mass is 9.85. The Labute approximate surface area is 112 Å². The molecule has 92 valence electrons. The quantitative estimate of drug-likeness (QED) is 0.410. The van der Waals surface area contributed by atoms with E-state index in [0.29, 0.717) is 5.41 Å². The Kier molecular flexibility index (Phi) is 10.7. The minimum Gasteiger partial charge on any atom is -0.381 e. The highest BCUT2D eigenvalue weighted by molar-refractivity contribution is 9.09. The predicted molar refractivity (Wildman–Crippen MR) is 75.3 cm³/mol. The standard InChI is InChI=1S/C12H24Br2O/c1-3-5-8-15-9-7-12(10-13,11-14)6-4-2/h3-11H2,1-2H3. The van der Waals surface area contributed by atoms with Crippen molar-refractivity contribution in [3.63, 3.8) is 0 Å². The van der Waals surface area contributed by atoms with Crippen LogP contribution in [0.1, 0.15) is 46.0 Å². The second kappa shape index (κ2) is 10.1.